The molecule has 0 aromatic carbocycles. The zero-order chi connectivity index (χ0) is 26.8. The number of nitrogens with one attached hydrogen (secondary N) is 3. The molecule has 1 unspecified atom stereocenters. The van der Waals surface area contributed by atoms with E-state index < -0.39 is 18.3 Å². The van der Waals surface area contributed by atoms with E-state index in [0.29, 0.717) is 38.8 Å². The Morgan fingerprint density at radius 1 is 1.03 bits per heavy atom. The third kappa shape index (κ3) is 12.6. The Morgan fingerprint density at radius 3 is 2.17 bits per heavy atom. The van der Waals surface area contributed by atoms with E-state index in [-0.39, 0.29) is 23.4 Å². The number of rotatable bonds is 17. The number of carbonyl (C=O) groups excluding carboxylic acids is 4. The maximum atomic E-state index is 12.4. The molecule has 1 fully saturated rings. The summed E-state index contributed by atoms with van der Waals surface area (Å²) in [5, 5.41) is 12.1. The lowest BCUT2D eigenvalue weighted by Crippen LogP contribution is -2.48. The van der Waals surface area contributed by atoms with E-state index in [0.717, 1.165) is 25.5 Å². The molecular weight excluding hydrogens is 466 g/mol. The summed E-state index contributed by atoms with van der Waals surface area (Å²) < 4.78 is 10.4. The van der Waals surface area contributed by atoms with E-state index in [1.54, 1.807) is 0 Å². The minimum Gasteiger partial charge on any atom is -0.425 e. The van der Waals surface area contributed by atoms with Gasteiger partial charge in [0, 0.05) is 38.7 Å². The summed E-state index contributed by atoms with van der Waals surface area (Å²) >= 11 is 0. The fourth-order valence-electron chi connectivity index (χ4n) is 3.92. The Balaban J connectivity index is 2.24. The smallest absolute Gasteiger partial charge is 0.412 e. The summed E-state index contributed by atoms with van der Waals surface area (Å²) in [7, 11) is 0. The molecule has 1 aliphatic rings. The zero-order valence-electron chi connectivity index (χ0n) is 21.7. The van der Waals surface area contributed by atoms with Gasteiger partial charge in [-0.1, -0.05) is 58.3 Å². The number of nitrogens with two attached hydrogens (primary N) is 1. The van der Waals surface area contributed by atoms with Crippen LogP contribution in [-0.4, -0.2) is 60.9 Å². The number of carbonyl (C=O) groups is 4. The molecule has 0 radical (unpaired) electrons. The van der Waals surface area contributed by atoms with Crippen molar-refractivity contribution in [3.8, 4) is 0 Å². The first-order valence-electron chi connectivity index (χ1n) is 13.0. The fraction of sp³-hybridized carbons (Fsp3) is 0.720. The number of hydrogen-bond donors (Lipinski definition) is 4. The average Bonchev–Trinajstić information content (AvgIpc) is 2.86. The van der Waals surface area contributed by atoms with Crippen molar-refractivity contribution in [3.05, 3.63) is 11.4 Å². The maximum Gasteiger partial charge on any atom is 0.412 e. The van der Waals surface area contributed by atoms with Crippen LogP contribution >= 0.6 is 0 Å². The molecule has 0 bridgehead atoms. The van der Waals surface area contributed by atoms with Crippen molar-refractivity contribution >= 4 is 30.6 Å². The second-order valence-corrected chi connectivity index (χ2v) is 8.99. The summed E-state index contributed by atoms with van der Waals surface area (Å²) in [5.41, 5.74) is 5.33. The van der Waals surface area contributed by atoms with E-state index in [4.69, 9.17) is 20.6 Å². The lowest BCUT2D eigenvalue weighted by Gasteiger charge is -2.32. The van der Waals surface area contributed by atoms with Crippen LogP contribution in [0.15, 0.2) is 11.4 Å². The van der Waals surface area contributed by atoms with Crippen LogP contribution in [0.25, 0.3) is 0 Å². The Labute approximate surface area is 214 Å². The van der Waals surface area contributed by atoms with Gasteiger partial charge in [0.25, 0.3) is 5.91 Å². The number of nitrogens with zero attached hydrogens (tertiary/aromatic N) is 1. The molecule has 1 aliphatic heterocycles. The van der Waals surface area contributed by atoms with Crippen molar-refractivity contribution in [3.63, 3.8) is 0 Å². The molecule has 11 nitrogen and oxygen atoms in total. The Hall–Kier alpha value is -3.11. The van der Waals surface area contributed by atoms with Gasteiger partial charge in [-0.2, -0.15) is 0 Å². The highest BCUT2D eigenvalue weighted by Gasteiger charge is 2.27. The van der Waals surface area contributed by atoms with Gasteiger partial charge in [-0.05, 0) is 19.3 Å². The monoisotopic (exact) mass is 509 g/mol. The number of piperidine rings is 1. The normalized spacial score (nSPS) is 15.3. The van der Waals surface area contributed by atoms with Gasteiger partial charge in [0.1, 0.15) is 5.70 Å². The van der Waals surface area contributed by atoms with E-state index in [1.807, 2.05) is 0 Å². The highest BCUT2D eigenvalue weighted by atomic mass is 16.7. The molecule has 1 heterocycles. The second-order valence-electron chi connectivity index (χ2n) is 8.99. The highest BCUT2D eigenvalue weighted by Crippen LogP contribution is 2.14. The molecule has 0 aliphatic carbocycles. The Kier molecular flexibility index (Phi) is 15.6. The number of allylic oxidation sites excluding steroid dienone is 1. The molecule has 0 aromatic heterocycles. The molecule has 1 rings (SSSR count). The molecule has 36 heavy (non-hydrogen) atoms. The van der Waals surface area contributed by atoms with Crippen LogP contribution in [-0.2, 0) is 23.9 Å². The molecular formula is C25H43N5O6. The molecule has 5 N–H and O–H groups in total. The van der Waals surface area contributed by atoms with Gasteiger partial charge < -0.3 is 36.2 Å². The summed E-state index contributed by atoms with van der Waals surface area (Å²) in [6.07, 6.45) is 11.3. The number of esters is 1. The molecule has 1 atom stereocenters. The first-order valence-corrected chi connectivity index (χ1v) is 13.0. The molecule has 0 saturated carbocycles. The highest BCUT2D eigenvalue weighted by molar-refractivity contribution is 5.99. The molecule has 0 aromatic rings. The predicted octanol–water partition coefficient (Wildman–Crippen LogP) is 3.08. The summed E-state index contributed by atoms with van der Waals surface area (Å²) in [6.45, 7) is 4.41. The Morgan fingerprint density at radius 2 is 1.61 bits per heavy atom. The molecule has 11 heteroatoms. The minimum atomic E-state index is -0.976. The van der Waals surface area contributed by atoms with Crippen molar-refractivity contribution in [1.82, 2.24) is 15.5 Å². The van der Waals surface area contributed by atoms with Crippen molar-refractivity contribution in [1.29, 1.82) is 5.41 Å². The van der Waals surface area contributed by atoms with Crippen LogP contribution < -0.4 is 16.4 Å². The standard InChI is InChI=1S/C25H43N5O6/c1-3-4-5-6-7-8-9-10-11-12-22(32)35-19(2)36-25(34)30-15-13-20(14-16-30)29-24(33)23(27)21(17-26)28-18-31/h17-20,26H,3-16,27H2,1-2H3,(H,28,31)(H,29,33)/b23-21+,26-17?. The van der Waals surface area contributed by atoms with Crippen molar-refractivity contribution in [2.45, 2.75) is 103 Å². The molecule has 3 amide bonds. The second kappa shape index (κ2) is 18.2. The fourth-order valence-corrected chi connectivity index (χ4v) is 3.92. The van der Waals surface area contributed by atoms with Crippen LogP contribution in [0.5, 0.6) is 0 Å². The first-order chi connectivity index (χ1) is 17.3. The summed E-state index contributed by atoms with van der Waals surface area (Å²) in [5.74, 6) is -0.977. The van der Waals surface area contributed by atoms with Crippen LogP contribution in [0.4, 0.5) is 4.79 Å². The van der Waals surface area contributed by atoms with Gasteiger partial charge >= 0.3 is 12.1 Å². The van der Waals surface area contributed by atoms with E-state index in [2.05, 4.69) is 17.6 Å². The number of amides is 3. The number of unbranched alkanes of at least 4 members (excludes halogenated alkanes) is 8. The van der Waals surface area contributed by atoms with Crippen LogP contribution in [0.1, 0.15) is 90.9 Å². The lowest BCUT2D eigenvalue weighted by molar-refractivity contribution is -0.166. The van der Waals surface area contributed by atoms with E-state index in [1.165, 1.54) is 50.3 Å². The molecule has 0 spiro atoms. The first kappa shape index (κ1) is 30.9. The van der Waals surface area contributed by atoms with E-state index in [9.17, 15) is 19.2 Å². The summed E-state index contributed by atoms with van der Waals surface area (Å²) in [4.78, 5) is 48.6. The lowest BCUT2D eigenvalue weighted by atomic mass is 10.1. The van der Waals surface area contributed by atoms with Crippen molar-refractivity contribution in [2.24, 2.45) is 5.73 Å². The van der Waals surface area contributed by atoms with Crippen LogP contribution in [0.2, 0.25) is 0 Å². The number of likely N-dealkylation sites (tertiary alicyclic amines) is 1. The van der Waals surface area contributed by atoms with Gasteiger partial charge in [0.05, 0.1) is 5.70 Å². The quantitative estimate of drug-likeness (QED) is 0.0584. The predicted molar refractivity (Wildman–Crippen MR) is 136 cm³/mol. The van der Waals surface area contributed by atoms with Gasteiger partial charge in [-0.25, -0.2) is 4.79 Å². The van der Waals surface area contributed by atoms with Gasteiger partial charge in [-0.3, -0.25) is 14.4 Å². The van der Waals surface area contributed by atoms with Crippen molar-refractivity contribution in [2.75, 3.05) is 13.1 Å². The van der Waals surface area contributed by atoms with Gasteiger partial charge in [-0.15, -0.1) is 0 Å². The van der Waals surface area contributed by atoms with E-state index >= 15 is 0 Å². The molecule has 1 saturated heterocycles. The largest absolute Gasteiger partial charge is 0.425 e. The third-order valence-corrected chi connectivity index (χ3v) is 6.03. The average molecular weight is 510 g/mol. The van der Waals surface area contributed by atoms with Crippen LogP contribution in [0, 0.1) is 5.41 Å². The third-order valence-electron chi connectivity index (χ3n) is 6.03. The minimum absolute atomic E-state index is 0.0927. The van der Waals surface area contributed by atoms with Gasteiger partial charge in [0.2, 0.25) is 12.7 Å². The van der Waals surface area contributed by atoms with Crippen molar-refractivity contribution < 1.29 is 28.7 Å². The number of hydrogen-bond acceptors (Lipinski definition) is 8. The zero-order valence-corrected chi connectivity index (χ0v) is 21.7. The van der Waals surface area contributed by atoms with Gasteiger partial charge in [0.15, 0.2) is 0 Å². The topological polar surface area (TPSA) is 164 Å². The molecule has 204 valence electrons. The SMILES string of the molecule is CCCCCCCCCCCC(=O)OC(C)OC(=O)N1CCC(NC(=O)/C(N)=C(/C=N)NC=O)CC1. The Bertz CT molecular complexity index is 749. The maximum absolute atomic E-state index is 12.4. The number of ether oxygens (including phenoxy) is 2. The summed E-state index contributed by atoms with van der Waals surface area (Å²) in [6, 6.07) is -0.227. The van der Waals surface area contributed by atoms with Crippen LogP contribution in [0.3, 0.4) is 0 Å².